The molecule has 3 rings (SSSR count). The minimum Gasteiger partial charge on any atom is -0.508 e. The fraction of sp³-hybridized carbons (Fsp3) is 0.0625. The lowest BCUT2D eigenvalue weighted by Crippen LogP contribution is -1.82. The number of aromatic hydroxyl groups is 2. The fourth-order valence-corrected chi connectivity index (χ4v) is 1.66. The average Bonchev–Trinajstić information content (AvgIpc) is 2.41. The van der Waals surface area contributed by atoms with Crippen molar-refractivity contribution in [2.45, 2.75) is 6.92 Å². The van der Waals surface area contributed by atoms with Gasteiger partial charge in [-0.1, -0.05) is 36.4 Å². The molecule has 4 heteroatoms. The number of pyridine rings is 1. The van der Waals surface area contributed by atoms with Crippen LogP contribution < -0.4 is 0 Å². The van der Waals surface area contributed by atoms with Crippen molar-refractivity contribution < 1.29 is 10.2 Å². The van der Waals surface area contributed by atoms with Gasteiger partial charge in [-0.15, -0.1) is 0 Å². The number of aryl methyl sites for hydroxylation is 1. The first kappa shape index (κ1) is 16.0. The highest BCUT2D eigenvalue weighted by Gasteiger charge is 1.98. The van der Waals surface area contributed by atoms with Crippen molar-refractivity contribution in [1.82, 2.24) is 4.98 Å². The van der Waals surface area contributed by atoms with Gasteiger partial charge in [0.1, 0.15) is 17.0 Å². The van der Waals surface area contributed by atoms with Crippen LogP contribution in [-0.2, 0) is 0 Å². The molecule has 0 bridgehead atoms. The maximum Gasteiger partial charge on any atom is 0.187 e. The summed E-state index contributed by atoms with van der Waals surface area (Å²) in [6, 6.07) is 18.0. The summed E-state index contributed by atoms with van der Waals surface area (Å²) < 4.78 is 0. The summed E-state index contributed by atoms with van der Waals surface area (Å²) in [6.07, 6.45) is 0. The quantitative estimate of drug-likeness (QED) is 0.623. The third-order valence-corrected chi connectivity index (χ3v) is 2.59. The molecule has 0 radical (unpaired) electrons. The van der Waals surface area contributed by atoms with Crippen molar-refractivity contribution in [3.63, 3.8) is 0 Å². The van der Waals surface area contributed by atoms with Gasteiger partial charge in [0.05, 0.1) is 0 Å². The van der Waals surface area contributed by atoms with Gasteiger partial charge in [-0.2, -0.15) is 0 Å². The van der Waals surface area contributed by atoms with Crippen LogP contribution >= 0.6 is 0 Å². The highest BCUT2D eigenvalue weighted by atomic mass is 27.0. The molecule has 0 aliphatic heterocycles. The Balaban J connectivity index is 0.000000216. The zero-order valence-electron chi connectivity index (χ0n) is 10.6. The maximum atomic E-state index is 9.43. The molecule has 0 amide bonds. The zero-order chi connectivity index (χ0) is 13.7. The van der Waals surface area contributed by atoms with Crippen LogP contribution in [0.25, 0.3) is 10.9 Å². The summed E-state index contributed by atoms with van der Waals surface area (Å²) in [5.74, 6) is 0.568. The molecule has 0 fully saturated rings. The van der Waals surface area contributed by atoms with Crippen molar-refractivity contribution in [3.8, 4) is 11.5 Å². The zero-order valence-corrected chi connectivity index (χ0v) is 10.6. The summed E-state index contributed by atoms with van der Waals surface area (Å²) >= 11 is 0. The van der Waals surface area contributed by atoms with Crippen molar-refractivity contribution in [2.24, 2.45) is 0 Å². The number of hydrogen-bond acceptors (Lipinski definition) is 3. The van der Waals surface area contributed by atoms with Gasteiger partial charge in [-0.05, 0) is 31.2 Å². The lowest BCUT2D eigenvalue weighted by molar-refractivity contribution is 0.475. The van der Waals surface area contributed by atoms with Gasteiger partial charge in [0.15, 0.2) is 17.4 Å². The fourth-order valence-electron chi connectivity index (χ4n) is 1.66. The van der Waals surface area contributed by atoms with Gasteiger partial charge in [-0.3, -0.25) is 0 Å². The van der Waals surface area contributed by atoms with Crippen LogP contribution in [0.4, 0.5) is 0 Å². The molecule has 0 saturated heterocycles. The highest BCUT2D eigenvalue weighted by Crippen LogP contribution is 2.21. The van der Waals surface area contributed by atoms with Gasteiger partial charge in [0, 0.05) is 11.1 Å². The van der Waals surface area contributed by atoms with E-state index in [1.165, 1.54) is 0 Å². The molecule has 2 N–H and O–H groups in total. The van der Waals surface area contributed by atoms with Crippen molar-refractivity contribution in [3.05, 3.63) is 66.4 Å². The largest absolute Gasteiger partial charge is 0.508 e. The maximum absolute atomic E-state index is 9.43. The summed E-state index contributed by atoms with van der Waals surface area (Å²) in [5, 5.41) is 19.0. The minimum atomic E-state index is 0. The monoisotopic (exact) mass is 283 g/mol. The SMILES string of the molecule is Cc1ccc2cccc(O)c2n1.Oc1ccccc1.[AlH3]. The molecular formula is C16H18AlNO2. The molecule has 0 aliphatic rings. The number of nitrogens with zero attached hydrogens (tertiary/aromatic N) is 1. The van der Waals surface area contributed by atoms with Crippen LogP contribution in [0.15, 0.2) is 60.7 Å². The van der Waals surface area contributed by atoms with Crippen LogP contribution in [0.1, 0.15) is 5.69 Å². The van der Waals surface area contributed by atoms with Crippen molar-refractivity contribution in [2.75, 3.05) is 0 Å². The molecule has 1 aromatic heterocycles. The second kappa shape index (κ2) is 7.54. The van der Waals surface area contributed by atoms with Crippen LogP contribution in [0.2, 0.25) is 0 Å². The van der Waals surface area contributed by atoms with Gasteiger partial charge in [0.2, 0.25) is 0 Å². The molecule has 102 valence electrons. The molecule has 3 nitrogen and oxygen atoms in total. The lowest BCUT2D eigenvalue weighted by Gasteiger charge is -1.99. The number of hydrogen-bond donors (Lipinski definition) is 2. The molecule has 0 unspecified atom stereocenters. The number of aromatic nitrogens is 1. The van der Waals surface area contributed by atoms with E-state index in [1.54, 1.807) is 30.3 Å². The predicted molar refractivity (Wildman–Crippen MR) is 86.2 cm³/mol. The van der Waals surface area contributed by atoms with E-state index in [0.29, 0.717) is 11.3 Å². The Morgan fingerprint density at radius 1 is 0.800 bits per heavy atom. The average molecular weight is 283 g/mol. The first-order valence-electron chi connectivity index (χ1n) is 5.96. The normalized spacial score (nSPS) is 9.25. The van der Waals surface area contributed by atoms with E-state index in [4.69, 9.17) is 5.11 Å². The molecule has 20 heavy (non-hydrogen) atoms. The highest BCUT2D eigenvalue weighted by molar-refractivity contribution is 5.84. The van der Waals surface area contributed by atoms with Crippen LogP contribution in [0, 0.1) is 6.92 Å². The molecule has 1 heterocycles. The molecule has 3 aromatic rings. The number of phenolic OH excluding ortho intramolecular Hbond substituents is 2. The summed E-state index contributed by atoms with van der Waals surface area (Å²) in [5.41, 5.74) is 1.60. The van der Waals surface area contributed by atoms with Crippen LogP contribution in [-0.4, -0.2) is 32.6 Å². The predicted octanol–water partition coefficient (Wildman–Crippen LogP) is 2.46. The number of para-hydroxylation sites is 2. The molecule has 0 saturated carbocycles. The Kier molecular flexibility index (Phi) is 6.05. The number of phenols is 2. The number of benzene rings is 2. The topological polar surface area (TPSA) is 53.4 Å². The minimum absolute atomic E-state index is 0. The van der Waals surface area contributed by atoms with E-state index in [2.05, 4.69) is 4.98 Å². The van der Waals surface area contributed by atoms with Gasteiger partial charge >= 0.3 is 0 Å². The summed E-state index contributed by atoms with van der Waals surface area (Å²) in [4.78, 5) is 4.23. The molecule has 2 aromatic carbocycles. The Bertz CT molecular complexity index is 672. The number of fused-ring (bicyclic) bond motifs is 1. The Hall–Kier alpha value is -2.02. The van der Waals surface area contributed by atoms with E-state index in [9.17, 15) is 5.11 Å². The van der Waals surface area contributed by atoms with E-state index in [0.717, 1.165) is 11.1 Å². The summed E-state index contributed by atoms with van der Waals surface area (Å²) in [6.45, 7) is 1.91. The second-order valence-corrected chi connectivity index (χ2v) is 4.14. The second-order valence-electron chi connectivity index (χ2n) is 4.14. The molecule has 0 aliphatic carbocycles. The first-order chi connectivity index (χ1) is 9.16. The van der Waals surface area contributed by atoms with Crippen LogP contribution in [0.5, 0.6) is 11.5 Å². The Morgan fingerprint density at radius 2 is 1.50 bits per heavy atom. The third kappa shape index (κ3) is 4.27. The number of rotatable bonds is 0. The van der Waals surface area contributed by atoms with Gasteiger partial charge in [0.25, 0.3) is 0 Å². The van der Waals surface area contributed by atoms with Crippen LogP contribution in [0.3, 0.4) is 0 Å². The van der Waals surface area contributed by atoms with E-state index < -0.39 is 0 Å². The third-order valence-electron chi connectivity index (χ3n) is 2.59. The Morgan fingerprint density at radius 3 is 2.10 bits per heavy atom. The van der Waals surface area contributed by atoms with Crippen molar-refractivity contribution >= 4 is 28.3 Å². The first-order valence-corrected chi connectivity index (χ1v) is 5.96. The lowest BCUT2D eigenvalue weighted by atomic mass is 10.2. The standard InChI is InChI=1S/C10H9NO.C6H6O.Al.3H/c1-7-5-6-8-3-2-4-9(12)10(8)11-7;7-6-4-2-1-3-5-6;;;;/h2-6,12H,1H3;1-5,7H;;;;. The van der Waals surface area contributed by atoms with E-state index in [-0.39, 0.29) is 23.1 Å². The van der Waals surface area contributed by atoms with Gasteiger partial charge in [-0.25, -0.2) is 4.98 Å². The van der Waals surface area contributed by atoms with Crippen molar-refractivity contribution in [1.29, 1.82) is 0 Å². The Labute approximate surface area is 128 Å². The molecule has 0 atom stereocenters. The summed E-state index contributed by atoms with van der Waals surface area (Å²) in [7, 11) is 0. The van der Waals surface area contributed by atoms with E-state index >= 15 is 0 Å². The van der Waals surface area contributed by atoms with E-state index in [1.807, 2.05) is 37.3 Å². The van der Waals surface area contributed by atoms with Gasteiger partial charge < -0.3 is 10.2 Å². The molecule has 0 spiro atoms. The smallest absolute Gasteiger partial charge is 0.187 e. The molecular weight excluding hydrogens is 265 g/mol.